The van der Waals surface area contributed by atoms with E-state index >= 15 is 0 Å². The van der Waals surface area contributed by atoms with Crippen LogP contribution in [0.5, 0.6) is 0 Å². The fourth-order valence-corrected chi connectivity index (χ4v) is 3.22. The highest BCUT2D eigenvalue weighted by molar-refractivity contribution is 9.10. The second-order valence-electron chi connectivity index (χ2n) is 5.66. The molecule has 24 heavy (non-hydrogen) atoms. The molecule has 0 spiro atoms. The monoisotopic (exact) mass is 385 g/mol. The van der Waals surface area contributed by atoms with Crippen LogP contribution in [-0.4, -0.2) is 14.8 Å². The molecule has 0 saturated carbocycles. The van der Waals surface area contributed by atoms with Crippen LogP contribution >= 0.6 is 15.9 Å². The quantitative estimate of drug-likeness (QED) is 0.551. The molecule has 0 bridgehead atoms. The molecule has 7 nitrogen and oxygen atoms in total. The Morgan fingerprint density at radius 3 is 2.96 bits per heavy atom. The minimum absolute atomic E-state index is 0.489. The van der Waals surface area contributed by atoms with Gasteiger partial charge in [0.05, 0.1) is 18.4 Å². The van der Waals surface area contributed by atoms with Gasteiger partial charge in [-0.1, -0.05) is 28.1 Å². The van der Waals surface area contributed by atoms with Crippen molar-refractivity contribution in [3.8, 4) is 0 Å². The third-order valence-corrected chi connectivity index (χ3v) is 4.30. The third-order valence-electron chi connectivity index (χ3n) is 3.80. The van der Waals surface area contributed by atoms with Crippen molar-refractivity contribution in [1.82, 2.24) is 20.3 Å². The minimum Gasteiger partial charge on any atom is -0.384 e. The number of anilines is 3. The molecule has 0 radical (unpaired) electrons. The molecule has 0 atom stereocenters. The molecule has 2 aromatic heterocycles. The Morgan fingerprint density at radius 1 is 1.17 bits per heavy atom. The van der Waals surface area contributed by atoms with E-state index in [1.807, 2.05) is 29.1 Å². The molecule has 1 aromatic carbocycles. The third kappa shape index (κ3) is 3.06. The van der Waals surface area contributed by atoms with Crippen molar-refractivity contribution in [2.24, 2.45) is 0 Å². The Labute approximate surface area is 147 Å². The number of hydrogen-bond acceptors (Lipinski definition) is 6. The average Bonchev–Trinajstić information content (AvgIpc) is 3.16. The summed E-state index contributed by atoms with van der Waals surface area (Å²) in [6, 6.07) is 10.1. The summed E-state index contributed by atoms with van der Waals surface area (Å²) in [4.78, 5) is 4.24. The fourth-order valence-electron chi connectivity index (χ4n) is 2.77. The van der Waals surface area contributed by atoms with Crippen molar-refractivity contribution < 1.29 is 0 Å². The zero-order valence-electron chi connectivity index (χ0n) is 12.8. The lowest BCUT2D eigenvalue weighted by Crippen LogP contribution is -2.19. The summed E-state index contributed by atoms with van der Waals surface area (Å²) in [5.41, 5.74) is 19.0. The smallest absolute Gasteiger partial charge is 0.169 e. The largest absolute Gasteiger partial charge is 0.384 e. The standard InChI is InChI=1S/C16H16BrN7/c17-13-3-1-2-10(5-13)8-24-9-11(7-19-24)4-12-6-14(18)20-16-15(12)21-23-22-16/h1-3,5-7,9,21,23H,4,8H2,(H3,18,20,22). The zero-order valence-corrected chi connectivity index (χ0v) is 14.3. The highest BCUT2D eigenvalue weighted by atomic mass is 79.9. The molecule has 3 aromatic rings. The average molecular weight is 386 g/mol. The van der Waals surface area contributed by atoms with Gasteiger partial charge < -0.3 is 11.2 Å². The van der Waals surface area contributed by atoms with E-state index in [1.165, 1.54) is 5.56 Å². The molecule has 8 heteroatoms. The van der Waals surface area contributed by atoms with E-state index in [4.69, 9.17) is 5.73 Å². The van der Waals surface area contributed by atoms with E-state index in [2.05, 4.69) is 60.7 Å². The molecule has 0 amide bonds. The molecular formula is C16H16BrN7. The van der Waals surface area contributed by atoms with Crippen LogP contribution < -0.4 is 22.1 Å². The van der Waals surface area contributed by atoms with Gasteiger partial charge in [-0.3, -0.25) is 10.1 Å². The molecule has 0 unspecified atom stereocenters. The summed E-state index contributed by atoms with van der Waals surface area (Å²) in [6.45, 7) is 0.734. The van der Waals surface area contributed by atoms with Gasteiger partial charge in [0.25, 0.3) is 0 Å². The summed E-state index contributed by atoms with van der Waals surface area (Å²) < 4.78 is 3.01. The Bertz CT molecular complexity index is 890. The van der Waals surface area contributed by atoms with Gasteiger partial charge in [-0.25, -0.2) is 4.98 Å². The molecule has 122 valence electrons. The first-order valence-electron chi connectivity index (χ1n) is 7.49. The fraction of sp³-hybridized carbons (Fsp3) is 0.125. The second-order valence-corrected chi connectivity index (χ2v) is 6.57. The van der Waals surface area contributed by atoms with E-state index in [0.717, 1.165) is 34.3 Å². The number of hydrogen-bond donors (Lipinski definition) is 4. The molecule has 0 fully saturated rings. The van der Waals surface area contributed by atoms with Crippen LogP contribution in [0.4, 0.5) is 17.3 Å². The first-order valence-corrected chi connectivity index (χ1v) is 8.29. The van der Waals surface area contributed by atoms with E-state index in [-0.39, 0.29) is 0 Å². The van der Waals surface area contributed by atoms with Gasteiger partial charge >= 0.3 is 0 Å². The maximum Gasteiger partial charge on any atom is 0.169 e. The number of aromatic nitrogens is 3. The summed E-state index contributed by atoms with van der Waals surface area (Å²) in [7, 11) is 0. The molecule has 3 heterocycles. The summed E-state index contributed by atoms with van der Waals surface area (Å²) in [5.74, 6) is 1.20. The van der Waals surface area contributed by atoms with Gasteiger partial charge in [-0.2, -0.15) is 5.10 Å². The van der Waals surface area contributed by atoms with Crippen LogP contribution in [0.15, 0.2) is 47.2 Å². The van der Waals surface area contributed by atoms with Crippen LogP contribution in [-0.2, 0) is 13.0 Å². The van der Waals surface area contributed by atoms with Crippen molar-refractivity contribution in [1.29, 1.82) is 0 Å². The van der Waals surface area contributed by atoms with Gasteiger partial charge in [0, 0.05) is 17.1 Å². The normalized spacial score (nSPS) is 12.5. The topological polar surface area (TPSA) is 92.8 Å². The van der Waals surface area contributed by atoms with Crippen molar-refractivity contribution in [2.75, 3.05) is 16.6 Å². The molecule has 4 rings (SSSR count). The van der Waals surface area contributed by atoms with E-state index in [1.54, 1.807) is 0 Å². The first kappa shape index (κ1) is 15.0. The number of hydrazine groups is 2. The predicted octanol–water partition coefficient (Wildman–Crippen LogP) is 2.52. The van der Waals surface area contributed by atoms with Gasteiger partial charge in [0.2, 0.25) is 0 Å². The molecule has 1 aliphatic heterocycles. The minimum atomic E-state index is 0.489. The molecule has 0 saturated heterocycles. The van der Waals surface area contributed by atoms with Crippen molar-refractivity contribution in [2.45, 2.75) is 13.0 Å². The van der Waals surface area contributed by atoms with E-state index < -0.39 is 0 Å². The molecule has 5 N–H and O–H groups in total. The van der Waals surface area contributed by atoms with Gasteiger partial charge in [0.1, 0.15) is 5.82 Å². The lowest BCUT2D eigenvalue weighted by atomic mass is 10.1. The van der Waals surface area contributed by atoms with Crippen LogP contribution in [0.1, 0.15) is 16.7 Å². The Morgan fingerprint density at radius 2 is 2.08 bits per heavy atom. The molecule has 1 aliphatic rings. The molecular weight excluding hydrogens is 370 g/mol. The first-order chi connectivity index (χ1) is 11.7. The van der Waals surface area contributed by atoms with Gasteiger partial charge in [0.15, 0.2) is 5.82 Å². The Kier molecular flexibility index (Phi) is 3.83. The Hall–Kier alpha value is -2.58. The number of nitrogens with zero attached hydrogens (tertiary/aromatic N) is 3. The van der Waals surface area contributed by atoms with Crippen LogP contribution in [0.3, 0.4) is 0 Å². The van der Waals surface area contributed by atoms with Crippen molar-refractivity contribution >= 4 is 33.3 Å². The van der Waals surface area contributed by atoms with E-state index in [9.17, 15) is 0 Å². The second kappa shape index (κ2) is 6.14. The number of nitrogens with two attached hydrogens (primary N) is 1. The van der Waals surface area contributed by atoms with Crippen LogP contribution in [0.2, 0.25) is 0 Å². The summed E-state index contributed by atoms with van der Waals surface area (Å²) in [5, 5.41) is 4.46. The number of benzene rings is 1. The highest BCUT2D eigenvalue weighted by Gasteiger charge is 2.17. The zero-order chi connectivity index (χ0) is 16.5. The number of nitrogens with one attached hydrogen (secondary N) is 3. The number of pyridine rings is 1. The van der Waals surface area contributed by atoms with E-state index in [0.29, 0.717) is 11.6 Å². The van der Waals surface area contributed by atoms with Crippen LogP contribution in [0.25, 0.3) is 0 Å². The van der Waals surface area contributed by atoms with Gasteiger partial charge in [-0.15, -0.1) is 5.53 Å². The van der Waals surface area contributed by atoms with Crippen molar-refractivity contribution in [3.05, 3.63) is 63.9 Å². The lowest BCUT2D eigenvalue weighted by molar-refractivity contribution is 0.686. The number of fused-ring (bicyclic) bond motifs is 1. The number of halogens is 1. The summed E-state index contributed by atoms with van der Waals surface area (Å²) >= 11 is 3.49. The molecule has 0 aliphatic carbocycles. The highest BCUT2D eigenvalue weighted by Crippen LogP contribution is 2.30. The summed E-state index contributed by atoms with van der Waals surface area (Å²) in [6.07, 6.45) is 4.67. The van der Waals surface area contributed by atoms with Crippen LogP contribution in [0, 0.1) is 0 Å². The number of nitrogen functional groups attached to an aromatic ring is 1. The lowest BCUT2D eigenvalue weighted by Gasteiger charge is -2.06. The maximum absolute atomic E-state index is 5.87. The Balaban J connectivity index is 1.54. The maximum atomic E-state index is 5.87. The number of rotatable bonds is 4. The van der Waals surface area contributed by atoms with Crippen molar-refractivity contribution in [3.63, 3.8) is 0 Å². The predicted molar refractivity (Wildman–Crippen MR) is 97.3 cm³/mol. The van der Waals surface area contributed by atoms with Gasteiger partial charge in [-0.05, 0) is 34.9 Å². The SMILES string of the molecule is Nc1cc(Cc2cnn(Cc3cccc(Br)c3)c2)c2c(n1)NNN2.